The van der Waals surface area contributed by atoms with Crippen LogP contribution in [0, 0.1) is 5.92 Å². The number of amides is 1. The Kier molecular flexibility index (Phi) is 7.47. The minimum Gasteiger partial charge on any atom is -0.480 e. The number of likely N-dealkylation sites (tertiary alicyclic amines) is 1. The molecule has 0 bridgehead atoms. The highest BCUT2D eigenvalue weighted by molar-refractivity contribution is 7.89. The van der Waals surface area contributed by atoms with E-state index in [-0.39, 0.29) is 30.0 Å². The fourth-order valence-corrected chi connectivity index (χ4v) is 4.28. The molecule has 0 aromatic rings. The summed E-state index contributed by atoms with van der Waals surface area (Å²) in [6.45, 7) is 5.85. The molecule has 1 rings (SSSR count). The zero-order valence-corrected chi connectivity index (χ0v) is 14.9. The van der Waals surface area contributed by atoms with Crippen LogP contribution in [0.2, 0.25) is 0 Å². The van der Waals surface area contributed by atoms with Gasteiger partial charge < -0.3 is 10.0 Å². The van der Waals surface area contributed by atoms with Crippen LogP contribution in [0.3, 0.4) is 0 Å². The van der Waals surface area contributed by atoms with Crippen LogP contribution >= 0.6 is 0 Å². The Hall–Kier alpha value is -1.15. The number of nitrogens with zero attached hydrogens (tertiary/aromatic N) is 1. The summed E-state index contributed by atoms with van der Waals surface area (Å²) < 4.78 is 26.6. The summed E-state index contributed by atoms with van der Waals surface area (Å²) in [4.78, 5) is 24.5. The minimum atomic E-state index is -3.69. The van der Waals surface area contributed by atoms with Gasteiger partial charge in [0.15, 0.2) is 0 Å². The number of carbonyl (C=O) groups excluding carboxylic acids is 1. The SMILES string of the molecule is CC(=O)N1CCCCC1CCS(=O)(=O)NC(CC(C)C)C(=O)O. The van der Waals surface area contributed by atoms with E-state index >= 15 is 0 Å². The van der Waals surface area contributed by atoms with Gasteiger partial charge in [0.25, 0.3) is 0 Å². The van der Waals surface area contributed by atoms with E-state index in [0.29, 0.717) is 13.0 Å². The van der Waals surface area contributed by atoms with E-state index in [1.807, 2.05) is 13.8 Å². The minimum absolute atomic E-state index is 0.0386. The van der Waals surface area contributed by atoms with Crippen molar-refractivity contribution in [1.29, 1.82) is 0 Å². The maximum Gasteiger partial charge on any atom is 0.321 e. The molecular formula is C15H28N2O5S. The number of hydrogen-bond donors (Lipinski definition) is 2. The Morgan fingerprint density at radius 2 is 1.96 bits per heavy atom. The quantitative estimate of drug-likeness (QED) is 0.686. The molecule has 0 aromatic carbocycles. The molecule has 1 fully saturated rings. The fourth-order valence-electron chi connectivity index (χ4n) is 2.95. The zero-order valence-electron chi connectivity index (χ0n) is 14.1. The van der Waals surface area contributed by atoms with Crippen molar-refractivity contribution in [2.75, 3.05) is 12.3 Å². The lowest BCUT2D eigenvalue weighted by molar-refractivity contribution is -0.139. The summed E-state index contributed by atoms with van der Waals surface area (Å²) >= 11 is 0. The molecule has 0 spiro atoms. The van der Waals surface area contributed by atoms with Gasteiger partial charge in [-0.05, 0) is 38.0 Å². The van der Waals surface area contributed by atoms with Gasteiger partial charge in [-0.25, -0.2) is 13.1 Å². The van der Waals surface area contributed by atoms with Crippen LogP contribution in [0.4, 0.5) is 0 Å². The number of hydrogen-bond acceptors (Lipinski definition) is 4. The van der Waals surface area contributed by atoms with Crippen LogP contribution in [0.15, 0.2) is 0 Å². The van der Waals surface area contributed by atoms with E-state index in [2.05, 4.69) is 4.72 Å². The number of aliphatic carboxylic acids is 1. The van der Waals surface area contributed by atoms with Crippen molar-refractivity contribution in [2.24, 2.45) is 5.92 Å². The molecule has 1 aliphatic heterocycles. The number of carbonyl (C=O) groups is 2. The smallest absolute Gasteiger partial charge is 0.321 e. The molecule has 1 amide bonds. The Morgan fingerprint density at radius 3 is 2.48 bits per heavy atom. The summed E-state index contributed by atoms with van der Waals surface area (Å²) in [7, 11) is -3.69. The molecule has 0 radical (unpaired) electrons. The monoisotopic (exact) mass is 348 g/mol. The second-order valence-corrected chi connectivity index (χ2v) is 8.48. The second kappa shape index (κ2) is 8.63. The van der Waals surface area contributed by atoms with Crippen molar-refractivity contribution in [2.45, 2.75) is 65.0 Å². The molecule has 0 saturated carbocycles. The van der Waals surface area contributed by atoms with Crippen LogP contribution in [0.25, 0.3) is 0 Å². The van der Waals surface area contributed by atoms with Gasteiger partial charge in [0.1, 0.15) is 6.04 Å². The van der Waals surface area contributed by atoms with Gasteiger partial charge in [-0.15, -0.1) is 0 Å². The third-order valence-corrected chi connectivity index (χ3v) is 5.50. The molecule has 2 unspecified atom stereocenters. The van der Waals surface area contributed by atoms with Crippen LogP contribution in [-0.4, -0.2) is 54.7 Å². The molecule has 2 N–H and O–H groups in total. The molecule has 1 aliphatic rings. The van der Waals surface area contributed by atoms with Crippen molar-refractivity contribution in [3.05, 3.63) is 0 Å². The van der Waals surface area contributed by atoms with Crippen LogP contribution in [0.1, 0.15) is 52.9 Å². The van der Waals surface area contributed by atoms with E-state index in [1.165, 1.54) is 6.92 Å². The topological polar surface area (TPSA) is 104 Å². The number of nitrogens with one attached hydrogen (secondary N) is 1. The highest BCUT2D eigenvalue weighted by Gasteiger charge is 2.28. The maximum atomic E-state index is 12.2. The number of carboxylic acids is 1. The summed E-state index contributed by atoms with van der Waals surface area (Å²) in [6.07, 6.45) is 3.30. The summed E-state index contributed by atoms with van der Waals surface area (Å²) in [6, 6.07) is -1.18. The van der Waals surface area contributed by atoms with Gasteiger partial charge in [-0.1, -0.05) is 13.8 Å². The number of carboxylic acid groups (broad SMARTS) is 1. The van der Waals surface area contributed by atoms with Gasteiger partial charge in [-0.2, -0.15) is 0 Å². The molecule has 8 heteroatoms. The Bertz CT molecular complexity index is 518. The van der Waals surface area contributed by atoms with E-state index < -0.39 is 22.0 Å². The first-order chi connectivity index (χ1) is 10.6. The van der Waals surface area contributed by atoms with Gasteiger partial charge in [-0.3, -0.25) is 9.59 Å². The standard InChI is InChI=1S/C15H28N2O5S/c1-11(2)10-14(15(19)20)16-23(21,22)9-7-13-6-4-5-8-17(13)12(3)18/h11,13-14,16H,4-10H2,1-3H3,(H,19,20). The molecular weight excluding hydrogens is 320 g/mol. The average molecular weight is 348 g/mol. The summed E-state index contributed by atoms with van der Waals surface area (Å²) in [5.41, 5.74) is 0. The second-order valence-electron chi connectivity index (χ2n) is 6.61. The van der Waals surface area contributed by atoms with Gasteiger partial charge in [0.2, 0.25) is 15.9 Å². The van der Waals surface area contributed by atoms with Crippen molar-refractivity contribution >= 4 is 21.9 Å². The predicted octanol–water partition coefficient (Wildman–Crippen LogP) is 1.20. The third-order valence-electron chi connectivity index (χ3n) is 4.08. The third kappa shape index (κ3) is 6.87. The first kappa shape index (κ1) is 19.9. The largest absolute Gasteiger partial charge is 0.480 e. The van der Waals surface area contributed by atoms with Crippen LogP contribution < -0.4 is 4.72 Å². The van der Waals surface area contributed by atoms with Gasteiger partial charge >= 0.3 is 5.97 Å². The molecule has 7 nitrogen and oxygen atoms in total. The molecule has 0 aliphatic carbocycles. The van der Waals surface area contributed by atoms with E-state index in [0.717, 1.165) is 19.3 Å². The fraction of sp³-hybridized carbons (Fsp3) is 0.867. The van der Waals surface area contributed by atoms with Gasteiger partial charge in [0, 0.05) is 19.5 Å². The van der Waals surface area contributed by atoms with Crippen molar-refractivity contribution < 1.29 is 23.1 Å². The van der Waals surface area contributed by atoms with Crippen LogP contribution in [0.5, 0.6) is 0 Å². The first-order valence-corrected chi connectivity index (χ1v) is 9.77. The van der Waals surface area contributed by atoms with E-state index in [1.54, 1.807) is 4.90 Å². The highest BCUT2D eigenvalue weighted by atomic mass is 32.2. The predicted molar refractivity (Wildman–Crippen MR) is 87.4 cm³/mol. The zero-order chi connectivity index (χ0) is 17.6. The molecule has 2 atom stereocenters. The maximum absolute atomic E-state index is 12.2. The lowest BCUT2D eigenvalue weighted by atomic mass is 10.00. The number of sulfonamides is 1. The van der Waals surface area contributed by atoms with Crippen molar-refractivity contribution in [1.82, 2.24) is 9.62 Å². The lowest BCUT2D eigenvalue weighted by Gasteiger charge is -2.35. The molecule has 134 valence electrons. The normalized spacial score (nSPS) is 20.5. The number of piperidine rings is 1. The van der Waals surface area contributed by atoms with Gasteiger partial charge in [0.05, 0.1) is 5.75 Å². The van der Waals surface area contributed by atoms with Crippen molar-refractivity contribution in [3.63, 3.8) is 0 Å². The summed E-state index contributed by atoms with van der Waals surface area (Å²) in [5.74, 6) is -1.29. The van der Waals surface area contributed by atoms with Crippen molar-refractivity contribution in [3.8, 4) is 0 Å². The average Bonchev–Trinajstić information content (AvgIpc) is 2.44. The molecule has 1 heterocycles. The Morgan fingerprint density at radius 1 is 1.30 bits per heavy atom. The van der Waals surface area contributed by atoms with Crippen LogP contribution in [-0.2, 0) is 19.6 Å². The van der Waals surface area contributed by atoms with E-state index in [4.69, 9.17) is 5.11 Å². The highest BCUT2D eigenvalue weighted by Crippen LogP contribution is 2.20. The van der Waals surface area contributed by atoms with E-state index in [9.17, 15) is 18.0 Å². The Labute approximate surface area is 138 Å². The number of rotatable bonds is 8. The molecule has 23 heavy (non-hydrogen) atoms. The summed E-state index contributed by atoms with van der Waals surface area (Å²) in [5, 5.41) is 9.14. The molecule has 0 aromatic heterocycles. The molecule has 1 saturated heterocycles. The lowest BCUT2D eigenvalue weighted by Crippen LogP contribution is -2.46. The first-order valence-electron chi connectivity index (χ1n) is 8.12. The Balaban J connectivity index is 2.63.